The van der Waals surface area contributed by atoms with Gasteiger partial charge in [0.2, 0.25) is 5.92 Å². The van der Waals surface area contributed by atoms with Crippen LogP contribution in [0, 0.1) is 12.8 Å². The minimum absolute atomic E-state index is 0.0851. The number of hydrogen-bond donors (Lipinski definition) is 1. The number of nitrogens with zero attached hydrogens (tertiary/aromatic N) is 6. The van der Waals surface area contributed by atoms with E-state index in [4.69, 9.17) is 14.7 Å². The van der Waals surface area contributed by atoms with Gasteiger partial charge in [0.15, 0.2) is 5.82 Å². The molecule has 0 bridgehead atoms. The number of anilines is 1. The molecule has 1 unspecified atom stereocenters. The molecule has 0 spiro atoms. The van der Waals surface area contributed by atoms with E-state index in [1.807, 2.05) is 40.9 Å². The zero-order valence-electron chi connectivity index (χ0n) is 20.6. The van der Waals surface area contributed by atoms with Crippen molar-refractivity contribution in [2.75, 3.05) is 38.1 Å². The first-order valence-corrected chi connectivity index (χ1v) is 12.0. The molecule has 1 atom stereocenters. The molecule has 1 aliphatic carbocycles. The van der Waals surface area contributed by atoms with Crippen LogP contribution in [0.5, 0.6) is 0 Å². The molecule has 2 aromatic heterocycles. The lowest BCUT2D eigenvalue weighted by molar-refractivity contribution is -0.0496. The maximum absolute atomic E-state index is 13.6. The number of rotatable bonds is 4. The lowest BCUT2D eigenvalue weighted by atomic mass is 9.81. The van der Waals surface area contributed by atoms with Crippen LogP contribution < -0.4 is 10.2 Å². The van der Waals surface area contributed by atoms with Gasteiger partial charge in [-0.15, -0.1) is 0 Å². The fourth-order valence-electron chi connectivity index (χ4n) is 4.81. The van der Waals surface area contributed by atoms with Crippen molar-refractivity contribution >= 4 is 17.7 Å². The Bertz CT molecular complexity index is 1020. The van der Waals surface area contributed by atoms with Crippen LogP contribution in [0.4, 0.5) is 19.4 Å². The van der Waals surface area contributed by atoms with Gasteiger partial charge in [0.05, 0.1) is 17.9 Å². The molecule has 1 amide bonds. The monoisotopic (exact) mass is 479 g/mol. The first-order valence-electron chi connectivity index (χ1n) is 12.0. The molecule has 4 rings (SSSR count). The largest absolute Gasteiger partial charge is 0.444 e. The van der Waals surface area contributed by atoms with E-state index in [1.165, 1.54) is 0 Å². The quantitative estimate of drug-likeness (QED) is 0.717. The van der Waals surface area contributed by atoms with Crippen LogP contribution in [-0.4, -0.2) is 75.3 Å². The first-order chi connectivity index (χ1) is 16.0. The molecule has 2 aliphatic rings. The second-order valence-corrected chi connectivity index (χ2v) is 10.3. The first kappa shape index (κ1) is 24.6. The number of halogens is 2. The summed E-state index contributed by atoms with van der Waals surface area (Å²) in [6.07, 6.45) is 2.28. The van der Waals surface area contributed by atoms with E-state index in [0.717, 1.165) is 17.2 Å². The van der Waals surface area contributed by atoms with Crippen molar-refractivity contribution in [2.24, 2.45) is 5.92 Å². The molecule has 1 aliphatic heterocycles. The summed E-state index contributed by atoms with van der Waals surface area (Å²) >= 11 is 0. The summed E-state index contributed by atoms with van der Waals surface area (Å²) < 4.78 is 34.4. The highest BCUT2D eigenvalue weighted by atomic mass is 19.3. The van der Waals surface area contributed by atoms with Crippen molar-refractivity contribution in [1.29, 1.82) is 0 Å². The van der Waals surface area contributed by atoms with Gasteiger partial charge >= 0.3 is 6.09 Å². The molecule has 1 saturated heterocycles. The van der Waals surface area contributed by atoms with E-state index in [0.29, 0.717) is 44.8 Å². The molecule has 9 nitrogen and oxygen atoms in total. The van der Waals surface area contributed by atoms with Crippen LogP contribution in [-0.2, 0) is 4.74 Å². The molecule has 3 heterocycles. The van der Waals surface area contributed by atoms with Gasteiger partial charge in [-0.2, -0.15) is 10.1 Å². The second-order valence-electron chi connectivity index (χ2n) is 10.3. The van der Waals surface area contributed by atoms with Crippen LogP contribution in [0.1, 0.15) is 63.9 Å². The molecule has 2 aromatic rings. The predicted octanol–water partition coefficient (Wildman–Crippen LogP) is 3.58. The van der Waals surface area contributed by atoms with E-state index in [2.05, 4.69) is 15.3 Å². The summed E-state index contributed by atoms with van der Waals surface area (Å²) in [7, 11) is 1.84. The Morgan fingerprint density at radius 1 is 1.18 bits per heavy atom. The number of alkyl halides is 2. The van der Waals surface area contributed by atoms with Gasteiger partial charge in [0, 0.05) is 39.0 Å². The number of carbonyl (C=O) groups is 1. The molecule has 0 radical (unpaired) electrons. The van der Waals surface area contributed by atoms with E-state index in [-0.39, 0.29) is 30.9 Å². The minimum Gasteiger partial charge on any atom is -0.444 e. The van der Waals surface area contributed by atoms with E-state index in [9.17, 15) is 13.6 Å². The molecule has 1 saturated carbocycles. The molecule has 11 heteroatoms. The van der Waals surface area contributed by atoms with E-state index in [1.54, 1.807) is 9.42 Å². The molecular formula is C23H35F2N7O2. The average Bonchev–Trinajstić information content (AvgIpc) is 3.16. The third-order valence-electron chi connectivity index (χ3n) is 6.57. The third kappa shape index (κ3) is 5.39. The van der Waals surface area contributed by atoms with Crippen LogP contribution in [0.3, 0.4) is 0 Å². The van der Waals surface area contributed by atoms with Crippen molar-refractivity contribution < 1.29 is 18.3 Å². The highest BCUT2D eigenvalue weighted by Crippen LogP contribution is 2.41. The third-order valence-corrected chi connectivity index (χ3v) is 6.57. The van der Waals surface area contributed by atoms with Crippen LogP contribution >= 0.6 is 0 Å². The normalized spacial score (nSPS) is 20.6. The molecule has 188 valence electrons. The summed E-state index contributed by atoms with van der Waals surface area (Å²) in [5.74, 6) is -1.24. The fraction of sp³-hybridized carbons (Fsp3) is 0.739. The van der Waals surface area contributed by atoms with Crippen LogP contribution in [0.15, 0.2) is 6.20 Å². The smallest absolute Gasteiger partial charge is 0.410 e. The van der Waals surface area contributed by atoms with Gasteiger partial charge in [-0.25, -0.2) is 23.1 Å². The Morgan fingerprint density at radius 2 is 1.82 bits per heavy atom. The molecule has 1 N–H and O–H groups in total. The van der Waals surface area contributed by atoms with Crippen molar-refractivity contribution in [3.8, 4) is 0 Å². The lowest BCUT2D eigenvalue weighted by Crippen LogP contribution is -2.50. The number of aromatic nitrogens is 4. The van der Waals surface area contributed by atoms with Gasteiger partial charge in [-0.1, -0.05) is 0 Å². The van der Waals surface area contributed by atoms with Gasteiger partial charge in [0.25, 0.3) is 5.78 Å². The number of imidazole rings is 1. The average molecular weight is 480 g/mol. The van der Waals surface area contributed by atoms with Crippen LogP contribution in [0.2, 0.25) is 0 Å². The Morgan fingerprint density at radius 3 is 2.41 bits per heavy atom. The minimum atomic E-state index is -2.56. The highest BCUT2D eigenvalue weighted by molar-refractivity contribution is 5.68. The maximum atomic E-state index is 13.6. The van der Waals surface area contributed by atoms with Gasteiger partial charge < -0.3 is 19.9 Å². The van der Waals surface area contributed by atoms with E-state index < -0.39 is 11.5 Å². The number of amides is 1. The lowest BCUT2D eigenvalue weighted by Gasteiger charge is -2.36. The Balaban J connectivity index is 1.47. The fourth-order valence-corrected chi connectivity index (χ4v) is 4.81. The van der Waals surface area contributed by atoms with E-state index >= 15 is 0 Å². The Kier molecular flexibility index (Phi) is 6.67. The van der Waals surface area contributed by atoms with Crippen molar-refractivity contribution in [2.45, 2.75) is 70.9 Å². The van der Waals surface area contributed by atoms with Gasteiger partial charge in [-0.05, 0) is 53.5 Å². The molecule has 34 heavy (non-hydrogen) atoms. The number of hydrogen-bond acceptors (Lipinski definition) is 7. The predicted molar refractivity (Wildman–Crippen MR) is 124 cm³/mol. The summed E-state index contributed by atoms with van der Waals surface area (Å²) in [4.78, 5) is 25.6. The summed E-state index contributed by atoms with van der Waals surface area (Å²) in [6, 6.07) is -0.124. The standard InChI is InChI=1S/C23H35F2N7O2/c1-15-19(30-10-12-31(13-11-30)21(33)34-22(2,3)4)28-20-27-17(14-32(20)29-15)18(26-5)16-6-8-23(24,25)9-7-16/h14,16,18,26H,6-13H2,1-5H3. The molecule has 2 fully saturated rings. The van der Waals surface area contributed by atoms with Crippen molar-refractivity contribution in [1.82, 2.24) is 29.8 Å². The molecule has 0 aromatic carbocycles. The Hall–Kier alpha value is -2.56. The topological polar surface area (TPSA) is 87.9 Å². The Labute approximate surface area is 198 Å². The van der Waals surface area contributed by atoms with Gasteiger partial charge in [-0.3, -0.25) is 0 Å². The number of aryl methyl sites for hydroxylation is 1. The van der Waals surface area contributed by atoms with Gasteiger partial charge in [0.1, 0.15) is 11.3 Å². The number of nitrogens with one attached hydrogen (secondary N) is 1. The highest BCUT2D eigenvalue weighted by Gasteiger charge is 2.38. The van der Waals surface area contributed by atoms with Crippen molar-refractivity contribution in [3.05, 3.63) is 17.6 Å². The summed E-state index contributed by atoms with van der Waals surface area (Å²) in [6.45, 7) is 9.79. The number of carbonyl (C=O) groups excluding carboxylic acids is 1. The SMILES string of the molecule is CNC(c1cn2nc(C)c(N3CCN(C(=O)OC(C)(C)C)CC3)nc2n1)C1CCC(F)(F)CC1. The molecular weight excluding hydrogens is 444 g/mol. The maximum Gasteiger partial charge on any atom is 0.410 e. The second kappa shape index (κ2) is 9.24. The number of ether oxygens (including phenoxy) is 1. The number of piperazine rings is 1. The van der Waals surface area contributed by atoms with Crippen molar-refractivity contribution in [3.63, 3.8) is 0 Å². The number of fused-ring (bicyclic) bond motifs is 1. The summed E-state index contributed by atoms with van der Waals surface area (Å²) in [5.41, 5.74) is 1.01. The zero-order chi connectivity index (χ0) is 24.7. The zero-order valence-corrected chi connectivity index (χ0v) is 20.6. The van der Waals surface area contributed by atoms with Crippen LogP contribution in [0.25, 0.3) is 5.78 Å². The summed E-state index contributed by atoms with van der Waals surface area (Å²) in [5, 5.41) is 7.92.